The van der Waals surface area contributed by atoms with Gasteiger partial charge in [-0.2, -0.15) is 13.2 Å². The van der Waals surface area contributed by atoms with Crippen LogP contribution in [0.1, 0.15) is 5.56 Å². The first-order valence-electron chi connectivity index (χ1n) is 5.25. The van der Waals surface area contributed by atoms with Crippen LogP contribution >= 0.6 is 27.7 Å². The lowest BCUT2D eigenvalue weighted by molar-refractivity contribution is -0.0327. The average molecular weight is 394 g/mol. The molecule has 4 nitrogen and oxygen atoms in total. The number of halogens is 4. The van der Waals surface area contributed by atoms with E-state index in [1.807, 2.05) is 0 Å². The zero-order valence-corrected chi connectivity index (χ0v) is 13.2. The highest BCUT2D eigenvalue weighted by atomic mass is 79.9. The van der Waals surface area contributed by atoms with Crippen molar-refractivity contribution in [2.75, 3.05) is 12.3 Å². The van der Waals surface area contributed by atoms with Gasteiger partial charge in [0.05, 0.1) is 11.5 Å². The van der Waals surface area contributed by atoms with E-state index in [1.165, 1.54) is 18.2 Å². The Balaban J connectivity index is 2.70. The van der Waals surface area contributed by atoms with Gasteiger partial charge >= 0.3 is 5.51 Å². The number of thioether (sulfide) groups is 1. The smallest absolute Gasteiger partial charge is 0.392 e. The minimum atomic E-state index is -4.38. The van der Waals surface area contributed by atoms with E-state index in [2.05, 4.69) is 20.7 Å². The number of benzene rings is 1. The predicted octanol–water partition coefficient (Wildman–Crippen LogP) is 2.47. The van der Waals surface area contributed by atoms with Crippen LogP contribution in [-0.2, 0) is 16.6 Å². The van der Waals surface area contributed by atoms with Gasteiger partial charge in [-0.15, -0.1) is 0 Å². The van der Waals surface area contributed by atoms with Crippen molar-refractivity contribution in [3.05, 3.63) is 28.2 Å². The van der Waals surface area contributed by atoms with Gasteiger partial charge in [0.15, 0.2) is 0 Å². The molecule has 114 valence electrons. The third-order valence-corrected chi connectivity index (χ3v) is 5.30. The van der Waals surface area contributed by atoms with Gasteiger partial charge in [0, 0.05) is 16.8 Å². The predicted molar refractivity (Wildman–Crippen MR) is 73.8 cm³/mol. The lowest BCUT2D eigenvalue weighted by Crippen LogP contribution is -2.27. The third-order valence-electron chi connectivity index (χ3n) is 2.13. The van der Waals surface area contributed by atoms with Crippen molar-refractivity contribution in [1.29, 1.82) is 0 Å². The molecule has 0 atom stereocenters. The van der Waals surface area contributed by atoms with Gasteiger partial charge in [-0.05, 0) is 45.4 Å². The van der Waals surface area contributed by atoms with E-state index in [0.29, 0.717) is 5.56 Å². The molecular formula is C10H11BrF3NO3S2. The van der Waals surface area contributed by atoms with Crippen LogP contribution in [0.25, 0.3) is 0 Å². The molecule has 0 saturated carbocycles. The van der Waals surface area contributed by atoms with Crippen molar-refractivity contribution >= 4 is 37.7 Å². The first kappa shape index (κ1) is 17.8. The second-order valence-corrected chi connectivity index (χ2v) is 7.36. The number of hydrogen-bond acceptors (Lipinski definition) is 4. The van der Waals surface area contributed by atoms with Crippen molar-refractivity contribution in [2.24, 2.45) is 0 Å². The summed E-state index contributed by atoms with van der Waals surface area (Å²) in [5.41, 5.74) is -3.86. The maximum Gasteiger partial charge on any atom is 0.441 e. The van der Waals surface area contributed by atoms with Crippen LogP contribution in [-0.4, -0.2) is 31.3 Å². The standard InChI is InChI=1S/C10H11BrF3NO3S2/c11-8-5-7(6-16)1-2-9(8)20(17,18)15-3-4-19-10(12,13)14/h1-2,5,15-16H,3-4,6H2. The first-order valence-corrected chi connectivity index (χ1v) is 8.51. The van der Waals surface area contributed by atoms with Crippen molar-refractivity contribution < 1.29 is 26.7 Å². The SMILES string of the molecule is O=S(=O)(NCCSC(F)(F)F)c1ccc(CO)cc1Br. The number of hydrogen-bond donors (Lipinski definition) is 2. The van der Waals surface area contributed by atoms with Crippen LogP contribution < -0.4 is 4.72 Å². The second kappa shape index (κ2) is 7.12. The van der Waals surface area contributed by atoms with Gasteiger partial charge in [0.2, 0.25) is 10.0 Å². The topological polar surface area (TPSA) is 66.4 Å². The number of rotatable bonds is 6. The Kier molecular flexibility index (Phi) is 6.32. The summed E-state index contributed by atoms with van der Waals surface area (Å²) in [6.07, 6.45) is 0. The molecule has 0 saturated heterocycles. The number of aliphatic hydroxyl groups is 1. The first-order chi connectivity index (χ1) is 9.15. The Bertz CT molecular complexity index is 563. The van der Waals surface area contributed by atoms with Gasteiger partial charge in [0.1, 0.15) is 0 Å². The van der Waals surface area contributed by atoms with Crippen LogP contribution in [0.3, 0.4) is 0 Å². The summed E-state index contributed by atoms with van der Waals surface area (Å²) in [6, 6.07) is 4.12. The molecule has 0 aliphatic carbocycles. The molecule has 0 unspecified atom stereocenters. The monoisotopic (exact) mass is 393 g/mol. The lowest BCUT2D eigenvalue weighted by Gasteiger charge is -2.10. The minimum Gasteiger partial charge on any atom is -0.392 e. The van der Waals surface area contributed by atoms with Crippen molar-refractivity contribution in [3.63, 3.8) is 0 Å². The summed E-state index contributed by atoms with van der Waals surface area (Å²) in [5, 5.41) is 8.91. The normalized spacial score (nSPS) is 12.7. The molecule has 0 amide bonds. The number of alkyl halides is 3. The number of nitrogens with one attached hydrogen (secondary N) is 1. The molecule has 0 heterocycles. The average Bonchev–Trinajstić information content (AvgIpc) is 2.33. The van der Waals surface area contributed by atoms with Gasteiger partial charge in [-0.25, -0.2) is 13.1 Å². The molecule has 20 heavy (non-hydrogen) atoms. The lowest BCUT2D eigenvalue weighted by atomic mass is 10.2. The zero-order valence-electron chi connectivity index (χ0n) is 9.95. The fourth-order valence-corrected chi connectivity index (χ4v) is 4.00. The molecule has 0 bridgehead atoms. The van der Waals surface area contributed by atoms with Crippen LogP contribution in [0.2, 0.25) is 0 Å². The molecule has 2 N–H and O–H groups in total. The van der Waals surface area contributed by atoms with E-state index in [4.69, 9.17) is 5.11 Å². The second-order valence-electron chi connectivity index (χ2n) is 3.61. The maximum absolute atomic E-state index is 11.9. The Morgan fingerprint density at radius 2 is 2.00 bits per heavy atom. The fourth-order valence-electron chi connectivity index (χ4n) is 1.28. The van der Waals surface area contributed by atoms with Crippen molar-refractivity contribution in [1.82, 2.24) is 4.72 Å². The minimum absolute atomic E-state index is 0.0910. The molecule has 10 heteroatoms. The summed E-state index contributed by atoms with van der Waals surface area (Å²) in [6.45, 7) is -0.574. The van der Waals surface area contributed by atoms with Crippen LogP contribution in [0.15, 0.2) is 27.6 Å². The van der Waals surface area contributed by atoms with E-state index in [9.17, 15) is 21.6 Å². The van der Waals surface area contributed by atoms with Crippen LogP contribution in [0.4, 0.5) is 13.2 Å². The van der Waals surface area contributed by atoms with Gasteiger partial charge < -0.3 is 5.11 Å². The van der Waals surface area contributed by atoms with E-state index in [1.54, 1.807) is 0 Å². The molecule has 0 radical (unpaired) electrons. The van der Waals surface area contributed by atoms with Crippen LogP contribution in [0, 0.1) is 0 Å². The summed E-state index contributed by atoms with van der Waals surface area (Å²) >= 11 is 2.76. The van der Waals surface area contributed by atoms with Crippen LogP contribution in [0.5, 0.6) is 0 Å². The third kappa shape index (κ3) is 5.60. The molecule has 0 aliphatic heterocycles. The Labute approximate surface area is 126 Å². The number of aliphatic hydroxyl groups excluding tert-OH is 1. The zero-order chi connectivity index (χ0) is 15.4. The Morgan fingerprint density at radius 3 is 2.50 bits per heavy atom. The number of sulfonamides is 1. The molecule has 0 spiro atoms. The summed E-state index contributed by atoms with van der Waals surface area (Å²) in [4.78, 5) is -0.0910. The van der Waals surface area contributed by atoms with Gasteiger partial charge in [0.25, 0.3) is 0 Å². The highest BCUT2D eigenvalue weighted by Gasteiger charge is 2.28. The quantitative estimate of drug-likeness (QED) is 0.728. The van der Waals surface area contributed by atoms with Gasteiger partial charge in [-0.3, -0.25) is 0 Å². The van der Waals surface area contributed by atoms with E-state index < -0.39 is 21.3 Å². The largest absolute Gasteiger partial charge is 0.441 e. The molecule has 1 aromatic rings. The molecule has 0 fully saturated rings. The van der Waals surface area contributed by atoms with Crippen molar-refractivity contribution in [3.8, 4) is 0 Å². The van der Waals surface area contributed by atoms with E-state index in [0.717, 1.165) is 0 Å². The highest BCUT2D eigenvalue weighted by Crippen LogP contribution is 2.29. The van der Waals surface area contributed by atoms with E-state index in [-0.39, 0.29) is 34.3 Å². The van der Waals surface area contributed by atoms with E-state index >= 15 is 0 Å². The summed E-state index contributed by atoms with van der Waals surface area (Å²) < 4.78 is 61.8. The molecule has 0 aromatic heterocycles. The molecule has 1 aromatic carbocycles. The fraction of sp³-hybridized carbons (Fsp3) is 0.400. The highest BCUT2D eigenvalue weighted by molar-refractivity contribution is 9.10. The Morgan fingerprint density at radius 1 is 1.35 bits per heavy atom. The van der Waals surface area contributed by atoms with Crippen molar-refractivity contribution in [2.45, 2.75) is 17.0 Å². The molecule has 1 rings (SSSR count). The molecular weight excluding hydrogens is 383 g/mol. The molecule has 0 aliphatic rings. The Hall–Kier alpha value is -0.290. The summed E-state index contributed by atoms with van der Waals surface area (Å²) in [5.74, 6) is -0.408. The summed E-state index contributed by atoms with van der Waals surface area (Å²) in [7, 11) is -3.89. The van der Waals surface area contributed by atoms with Gasteiger partial charge in [-0.1, -0.05) is 6.07 Å². The maximum atomic E-state index is 11.9.